The Kier molecular flexibility index (Phi) is 3.43. The van der Waals surface area contributed by atoms with Crippen LogP contribution in [0.15, 0.2) is 40.0 Å². The molecule has 110 valence electrons. The van der Waals surface area contributed by atoms with Gasteiger partial charge in [-0.1, -0.05) is 6.07 Å². The summed E-state index contributed by atoms with van der Waals surface area (Å²) in [5.74, 6) is 0. The smallest absolute Gasteiger partial charge is 0.243 e. The summed E-state index contributed by atoms with van der Waals surface area (Å²) in [5, 5.41) is 11.5. The van der Waals surface area contributed by atoms with Gasteiger partial charge in [0, 0.05) is 12.7 Å². The number of rotatable bonds is 5. The van der Waals surface area contributed by atoms with Gasteiger partial charge in [0.15, 0.2) is 5.52 Å². The number of sulfonamides is 1. The molecule has 0 fully saturated rings. The number of nitrogens with one attached hydrogen (secondary N) is 1. The zero-order valence-electron chi connectivity index (χ0n) is 11.2. The molecule has 21 heavy (non-hydrogen) atoms. The van der Waals surface area contributed by atoms with Crippen molar-refractivity contribution in [2.45, 2.75) is 24.9 Å². The van der Waals surface area contributed by atoms with Crippen LogP contribution in [0.1, 0.15) is 12.6 Å². The van der Waals surface area contributed by atoms with E-state index in [0.29, 0.717) is 11.2 Å². The molecule has 0 radical (unpaired) electrons. The molecule has 8 nitrogen and oxygen atoms in total. The van der Waals surface area contributed by atoms with Crippen LogP contribution < -0.4 is 4.72 Å². The lowest BCUT2D eigenvalue weighted by Gasteiger charge is -2.05. The summed E-state index contributed by atoms with van der Waals surface area (Å²) < 4.78 is 33.5. The number of aryl methyl sites for hydroxylation is 1. The standard InChI is InChI=1S/C12H13N5O3S/c1-2-17-7-6-9(14-17)8-13-21(18,19)11-5-3-4-10-12(11)16-20-15-10/h3-7,13H,2,8H2,1H3. The molecule has 9 heteroatoms. The maximum atomic E-state index is 12.3. The number of hydrogen-bond acceptors (Lipinski definition) is 6. The van der Waals surface area contributed by atoms with Crippen LogP contribution in [0, 0.1) is 0 Å². The first-order chi connectivity index (χ1) is 10.1. The van der Waals surface area contributed by atoms with Gasteiger partial charge < -0.3 is 0 Å². The van der Waals surface area contributed by atoms with Gasteiger partial charge in [0.05, 0.1) is 12.2 Å². The highest BCUT2D eigenvalue weighted by atomic mass is 32.2. The minimum atomic E-state index is -3.71. The first-order valence-electron chi connectivity index (χ1n) is 6.33. The van der Waals surface area contributed by atoms with E-state index >= 15 is 0 Å². The molecule has 2 aromatic heterocycles. The van der Waals surface area contributed by atoms with Gasteiger partial charge in [-0.2, -0.15) is 5.10 Å². The molecule has 0 aliphatic carbocycles. The van der Waals surface area contributed by atoms with E-state index in [-0.39, 0.29) is 17.0 Å². The van der Waals surface area contributed by atoms with Gasteiger partial charge in [0.2, 0.25) is 10.0 Å². The number of nitrogens with zero attached hydrogens (tertiary/aromatic N) is 4. The predicted octanol–water partition coefficient (Wildman–Crippen LogP) is 0.918. The van der Waals surface area contributed by atoms with Crippen LogP contribution in [0.3, 0.4) is 0 Å². The fourth-order valence-electron chi connectivity index (χ4n) is 1.92. The van der Waals surface area contributed by atoms with E-state index in [2.05, 4.69) is 24.8 Å². The van der Waals surface area contributed by atoms with Gasteiger partial charge in [-0.25, -0.2) is 17.8 Å². The first kappa shape index (κ1) is 13.7. The number of aromatic nitrogens is 4. The Morgan fingerprint density at radius 2 is 2.14 bits per heavy atom. The highest BCUT2D eigenvalue weighted by Crippen LogP contribution is 2.19. The molecule has 0 saturated heterocycles. The number of fused-ring (bicyclic) bond motifs is 1. The average Bonchev–Trinajstić information content (AvgIpc) is 3.13. The molecule has 1 aromatic carbocycles. The van der Waals surface area contributed by atoms with Crippen molar-refractivity contribution in [1.29, 1.82) is 0 Å². The minimum absolute atomic E-state index is 0.0381. The number of hydrogen-bond donors (Lipinski definition) is 1. The third kappa shape index (κ3) is 2.65. The molecule has 1 N–H and O–H groups in total. The molecule has 0 aliphatic heterocycles. The fraction of sp³-hybridized carbons (Fsp3) is 0.250. The van der Waals surface area contributed by atoms with Gasteiger partial charge in [-0.05, 0) is 35.4 Å². The molecule has 2 heterocycles. The van der Waals surface area contributed by atoms with Gasteiger partial charge in [0.25, 0.3) is 0 Å². The van der Waals surface area contributed by atoms with Crippen molar-refractivity contribution in [3.8, 4) is 0 Å². The van der Waals surface area contributed by atoms with Crippen molar-refractivity contribution in [2.75, 3.05) is 0 Å². The lowest BCUT2D eigenvalue weighted by molar-refractivity contribution is 0.315. The van der Waals surface area contributed by atoms with Crippen LogP contribution in [0.25, 0.3) is 11.0 Å². The zero-order valence-corrected chi connectivity index (χ0v) is 12.0. The van der Waals surface area contributed by atoms with Crippen LogP contribution in [0.4, 0.5) is 0 Å². The summed E-state index contributed by atoms with van der Waals surface area (Å²) in [6, 6.07) is 6.45. The lowest BCUT2D eigenvalue weighted by Crippen LogP contribution is -2.23. The van der Waals surface area contributed by atoms with Crippen LogP contribution in [-0.2, 0) is 23.1 Å². The van der Waals surface area contributed by atoms with Gasteiger partial charge in [0.1, 0.15) is 10.4 Å². The Balaban J connectivity index is 1.85. The summed E-state index contributed by atoms with van der Waals surface area (Å²) in [7, 11) is -3.71. The molecule has 0 saturated carbocycles. The largest absolute Gasteiger partial charge is 0.273 e. The maximum absolute atomic E-state index is 12.3. The maximum Gasteiger partial charge on any atom is 0.243 e. The lowest BCUT2D eigenvalue weighted by atomic mass is 10.3. The van der Waals surface area contributed by atoms with Crippen molar-refractivity contribution in [2.24, 2.45) is 0 Å². The van der Waals surface area contributed by atoms with E-state index in [1.165, 1.54) is 6.07 Å². The van der Waals surface area contributed by atoms with Crippen molar-refractivity contribution in [3.05, 3.63) is 36.2 Å². The molecule has 0 aliphatic rings. The molecule has 0 atom stereocenters. The van der Waals surface area contributed by atoms with Gasteiger partial charge in [-0.15, -0.1) is 0 Å². The second kappa shape index (κ2) is 5.26. The van der Waals surface area contributed by atoms with Gasteiger partial charge >= 0.3 is 0 Å². The molecular formula is C12H13N5O3S. The summed E-state index contributed by atoms with van der Waals surface area (Å²) in [6.45, 7) is 2.80. The molecular weight excluding hydrogens is 294 g/mol. The van der Waals surface area contributed by atoms with E-state index in [9.17, 15) is 8.42 Å². The van der Waals surface area contributed by atoms with Gasteiger partial charge in [-0.3, -0.25) is 4.68 Å². The second-order valence-corrected chi connectivity index (χ2v) is 6.11. The fourth-order valence-corrected chi connectivity index (χ4v) is 3.07. The monoisotopic (exact) mass is 307 g/mol. The Labute approximate surface area is 120 Å². The SMILES string of the molecule is CCn1ccc(CNS(=O)(=O)c2cccc3nonc23)n1. The van der Waals surface area contributed by atoms with Crippen molar-refractivity contribution >= 4 is 21.1 Å². The van der Waals surface area contributed by atoms with E-state index in [1.54, 1.807) is 29.1 Å². The normalized spacial score (nSPS) is 12.0. The van der Waals surface area contributed by atoms with E-state index < -0.39 is 10.0 Å². The minimum Gasteiger partial charge on any atom is -0.273 e. The Morgan fingerprint density at radius 1 is 1.29 bits per heavy atom. The van der Waals surface area contributed by atoms with Crippen molar-refractivity contribution < 1.29 is 13.0 Å². The Hall–Kier alpha value is -2.26. The summed E-state index contributed by atoms with van der Waals surface area (Å²) in [5.41, 5.74) is 1.25. The highest BCUT2D eigenvalue weighted by molar-refractivity contribution is 7.89. The molecule has 0 bridgehead atoms. The van der Waals surface area contributed by atoms with Crippen LogP contribution in [-0.4, -0.2) is 28.5 Å². The zero-order chi connectivity index (χ0) is 14.9. The van der Waals surface area contributed by atoms with E-state index in [1.807, 2.05) is 6.92 Å². The Bertz CT molecular complexity index is 868. The molecule has 3 aromatic rings. The van der Waals surface area contributed by atoms with Crippen LogP contribution in [0.5, 0.6) is 0 Å². The Morgan fingerprint density at radius 3 is 2.90 bits per heavy atom. The van der Waals surface area contributed by atoms with Crippen molar-refractivity contribution in [3.63, 3.8) is 0 Å². The number of benzene rings is 1. The molecule has 3 rings (SSSR count). The molecule has 0 spiro atoms. The van der Waals surface area contributed by atoms with Crippen molar-refractivity contribution in [1.82, 2.24) is 24.8 Å². The van der Waals surface area contributed by atoms with Crippen LogP contribution in [0.2, 0.25) is 0 Å². The van der Waals surface area contributed by atoms with E-state index in [0.717, 1.165) is 6.54 Å². The molecule has 0 unspecified atom stereocenters. The van der Waals surface area contributed by atoms with E-state index in [4.69, 9.17) is 0 Å². The molecule has 0 amide bonds. The summed E-state index contributed by atoms with van der Waals surface area (Å²) >= 11 is 0. The topological polar surface area (TPSA) is 103 Å². The third-order valence-electron chi connectivity index (χ3n) is 3.00. The van der Waals surface area contributed by atoms with Crippen LogP contribution >= 0.6 is 0 Å². The second-order valence-electron chi connectivity index (χ2n) is 4.38. The third-order valence-corrected chi connectivity index (χ3v) is 4.43. The average molecular weight is 307 g/mol. The first-order valence-corrected chi connectivity index (χ1v) is 7.82. The highest BCUT2D eigenvalue weighted by Gasteiger charge is 2.20. The quantitative estimate of drug-likeness (QED) is 0.751. The summed E-state index contributed by atoms with van der Waals surface area (Å²) in [4.78, 5) is 0.0381. The predicted molar refractivity (Wildman–Crippen MR) is 73.7 cm³/mol. The summed E-state index contributed by atoms with van der Waals surface area (Å²) in [6.07, 6.45) is 1.80.